The van der Waals surface area contributed by atoms with Crippen LogP contribution in [0.25, 0.3) is 11.3 Å². The Morgan fingerprint density at radius 3 is 2.84 bits per heavy atom. The SMILES string of the molecule is Cc1cccnc1C(C)NC(=O)CN1Cc2ccc(-c3nc(NC4CCOCC4)ncc3Cl)cc2C1=O. The van der Waals surface area contributed by atoms with Gasteiger partial charge in [-0.1, -0.05) is 29.8 Å². The van der Waals surface area contributed by atoms with Gasteiger partial charge in [-0.15, -0.1) is 0 Å². The summed E-state index contributed by atoms with van der Waals surface area (Å²) in [6, 6.07) is 9.38. The fraction of sp³-hybridized carbons (Fsp3) is 0.370. The Balaban J connectivity index is 1.27. The molecule has 192 valence electrons. The van der Waals surface area contributed by atoms with Gasteiger partial charge >= 0.3 is 0 Å². The number of aromatic nitrogens is 3. The summed E-state index contributed by atoms with van der Waals surface area (Å²) in [6.45, 7) is 5.59. The number of benzene rings is 1. The third-order valence-corrected chi connectivity index (χ3v) is 7.01. The van der Waals surface area contributed by atoms with Gasteiger partial charge in [0.05, 0.1) is 28.6 Å². The minimum absolute atomic E-state index is 0.0352. The highest BCUT2D eigenvalue weighted by Crippen LogP contribution is 2.31. The molecule has 2 aromatic heterocycles. The molecule has 2 aliphatic heterocycles. The van der Waals surface area contributed by atoms with Crippen LogP contribution in [0.15, 0.2) is 42.7 Å². The number of hydrogen-bond acceptors (Lipinski definition) is 7. The number of carbonyl (C=O) groups excluding carboxylic acids is 2. The van der Waals surface area contributed by atoms with Gasteiger partial charge in [0.2, 0.25) is 11.9 Å². The number of amides is 2. The molecule has 2 amide bonds. The summed E-state index contributed by atoms with van der Waals surface area (Å²) in [5.41, 5.74) is 4.50. The van der Waals surface area contributed by atoms with Crippen LogP contribution in [0.3, 0.4) is 0 Å². The van der Waals surface area contributed by atoms with Crippen molar-refractivity contribution in [3.8, 4) is 11.3 Å². The number of nitrogens with zero attached hydrogens (tertiary/aromatic N) is 4. The lowest BCUT2D eigenvalue weighted by Gasteiger charge is -2.23. The maximum Gasteiger partial charge on any atom is 0.254 e. The zero-order chi connectivity index (χ0) is 25.9. The smallest absolute Gasteiger partial charge is 0.254 e. The number of ether oxygens (including phenoxy) is 1. The number of aryl methyl sites for hydroxylation is 1. The number of fused-ring (bicyclic) bond motifs is 1. The van der Waals surface area contributed by atoms with Crippen molar-refractivity contribution in [3.63, 3.8) is 0 Å². The molecule has 1 atom stereocenters. The molecule has 2 N–H and O–H groups in total. The molecule has 0 radical (unpaired) electrons. The lowest BCUT2D eigenvalue weighted by molar-refractivity contribution is -0.122. The van der Waals surface area contributed by atoms with Crippen LogP contribution >= 0.6 is 11.6 Å². The molecule has 5 rings (SSSR count). The van der Waals surface area contributed by atoms with E-state index < -0.39 is 0 Å². The Kier molecular flexibility index (Phi) is 7.34. The number of anilines is 1. The fourth-order valence-electron chi connectivity index (χ4n) is 4.78. The Morgan fingerprint density at radius 1 is 1.24 bits per heavy atom. The van der Waals surface area contributed by atoms with Crippen LogP contribution in [0.4, 0.5) is 5.95 Å². The topological polar surface area (TPSA) is 109 Å². The third-order valence-electron chi connectivity index (χ3n) is 6.73. The molecule has 0 saturated carbocycles. The number of pyridine rings is 1. The van der Waals surface area contributed by atoms with Crippen LogP contribution in [-0.2, 0) is 16.1 Å². The minimum Gasteiger partial charge on any atom is -0.381 e. The predicted molar refractivity (Wildman–Crippen MR) is 140 cm³/mol. The molecule has 0 aliphatic carbocycles. The third kappa shape index (κ3) is 5.57. The molecule has 1 aromatic carbocycles. The molecule has 0 spiro atoms. The molecule has 1 unspecified atom stereocenters. The summed E-state index contributed by atoms with van der Waals surface area (Å²) in [6.07, 6.45) is 5.05. The first-order valence-corrected chi connectivity index (χ1v) is 12.8. The summed E-state index contributed by atoms with van der Waals surface area (Å²) in [5, 5.41) is 6.71. The van der Waals surface area contributed by atoms with E-state index in [2.05, 4.69) is 25.6 Å². The van der Waals surface area contributed by atoms with Crippen molar-refractivity contribution in [2.45, 2.75) is 45.3 Å². The lowest BCUT2D eigenvalue weighted by Crippen LogP contribution is -2.38. The second-order valence-corrected chi connectivity index (χ2v) is 9.86. The van der Waals surface area contributed by atoms with Crippen LogP contribution in [0.5, 0.6) is 0 Å². The Morgan fingerprint density at radius 2 is 2.05 bits per heavy atom. The minimum atomic E-state index is -0.260. The van der Waals surface area contributed by atoms with Gasteiger partial charge in [-0.2, -0.15) is 0 Å². The van der Waals surface area contributed by atoms with Crippen molar-refractivity contribution >= 4 is 29.4 Å². The number of rotatable bonds is 7. The number of nitrogens with one attached hydrogen (secondary N) is 2. The van der Waals surface area contributed by atoms with Crippen LogP contribution < -0.4 is 10.6 Å². The standard InChI is InChI=1S/C27H29ClN6O3/c1-16-4-3-9-29-24(16)17(2)31-23(35)15-34-14-19-6-5-18(12-21(19)26(34)36)25-22(28)13-30-27(33-25)32-20-7-10-37-11-8-20/h3-6,9,12-13,17,20H,7-8,10-11,14-15H2,1-2H3,(H,31,35)(H,30,32,33). The first-order chi connectivity index (χ1) is 17.9. The van der Waals surface area contributed by atoms with Crippen LogP contribution in [0, 0.1) is 6.92 Å². The molecule has 10 heteroatoms. The summed E-state index contributed by atoms with van der Waals surface area (Å²) in [5.74, 6) is 0.0645. The van der Waals surface area contributed by atoms with Gasteiger partial charge in [0.1, 0.15) is 6.54 Å². The van der Waals surface area contributed by atoms with Crippen molar-refractivity contribution in [1.82, 2.24) is 25.2 Å². The normalized spacial score (nSPS) is 16.4. The van der Waals surface area contributed by atoms with E-state index in [-0.39, 0.29) is 30.4 Å². The molecule has 9 nitrogen and oxygen atoms in total. The van der Waals surface area contributed by atoms with Crippen molar-refractivity contribution in [2.75, 3.05) is 25.1 Å². The molecule has 1 fully saturated rings. The highest BCUT2D eigenvalue weighted by atomic mass is 35.5. The zero-order valence-corrected chi connectivity index (χ0v) is 21.6. The molecule has 4 heterocycles. The molecule has 0 bridgehead atoms. The van der Waals surface area contributed by atoms with Crippen molar-refractivity contribution in [3.05, 3.63) is 70.1 Å². The monoisotopic (exact) mass is 520 g/mol. The molecule has 3 aromatic rings. The van der Waals surface area contributed by atoms with Crippen molar-refractivity contribution in [1.29, 1.82) is 0 Å². The highest BCUT2D eigenvalue weighted by Gasteiger charge is 2.30. The summed E-state index contributed by atoms with van der Waals surface area (Å²) in [7, 11) is 0. The molecular formula is C27H29ClN6O3. The first-order valence-electron chi connectivity index (χ1n) is 12.4. The highest BCUT2D eigenvalue weighted by molar-refractivity contribution is 6.33. The molecule has 37 heavy (non-hydrogen) atoms. The van der Waals surface area contributed by atoms with Crippen molar-refractivity contribution in [2.24, 2.45) is 0 Å². The lowest BCUT2D eigenvalue weighted by atomic mass is 10.0. The summed E-state index contributed by atoms with van der Waals surface area (Å²) < 4.78 is 5.41. The number of hydrogen-bond donors (Lipinski definition) is 2. The van der Waals surface area contributed by atoms with Crippen LogP contribution in [-0.4, -0.2) is 57.5 Å². The van der Waals surface area contributed by atoms with Gasteiger partial charge in [-0.05, 0) is 49.9 Å². The van der Waals surface area contributed by atoms with E-state index in [0.29, 0.717) is 42.0 Å². The van der Waals surface area contributed by atoms with E-state index >= 15 is 0 Å². The largest absolute Gasteiger partial charge is 0.381 e. The first kappa shape index (κ1) is 25.1. The zero-order valence-electron chi connectivity index (χ0n) is 20.8. The number of halogens is 1. The van der Waals surface area contributed by atoms with E-state index in [1.807, 2.05) is 38.1 Å². The predicted octanol–water partition coefficient (Wildman–Crippen LogP) is 3.92. The van der Waals surface area contributed by atoms with Gasteiger partial charge in [-0.25, -0.2) is 9.97 Å². The van der Waals surface area contributed by atoms with E-state index in [0.717, 1.165) is 35.2 Å². The molecule has 2 aliphatic rings. The van der Waals surface area contributed by atoms with E-state index in [1.54, 1.807) is 23.4 Å². The van der Waals surface area contributed by atoms with Gasteiger partial charge in [0, 0.05) is 43.1 Å². The summed E-state index contributed by atoms with van der Waals surface area (Å²) in [4.78, 5) is 40.8. The van der Waals surface area contributed by atoms with Gasteiger partial charge in [0.25, 0.3) is 5.91 Å². The second kappa shape index (κ2) is 10.8. The van der Waals surface area contributed by atoms with E-state index in [4.69, 9.17) is 16.3 Å². The van der Waals surface area contributed by atoms with E-state index in [9.17, 15) is 9.59 Å². The summed E-state index contributed by atoms with van der Waals surface area (Å²) >= 11 is 6.44. The maximum atomic E-state index is 13.2. The Hall–Kier alpha value is -3.56. The average Bonchev–Trinajstić information content (AvgIpc) is 3.20. The van der Waals surface area contributed by atoms with Crippen molar-refractivity contribution < 1.29 is 14.3 Å². The second-order valence-electron chi connectivity index (χ2n) is 9.45. The quantitative estimate of drug-likeness (QED) is 0.486. The maximum absolute atomic E-state index is 13.2. The number of carbonyl (C=O) groups is 2. The Labute approximate surface area is 220 Å². The van der Waals surface area contributed by atoms with Crippen LogP contribution in [0.2, 0.25) is 5.02 Å². The molecular weight excluding hydrogens is 492 g/mol. The molecule has 1 saturated heterocycles. The van der Waals surface area contributed by atoms with Gasteiger partial charge in [-0.3, -0.25) is 14.6 Å². The van der Waals surface area contributed by atoms with E-state index in [1.165, 1.54) is 0 Å². The van der Waals surface area contributed by atoms with Crippen LogP contribution in [0.1, 0.15) is 53.0 Å². The van der Waals surface area contributed by atoms with Gasteiger partial charge in [0.15, 0.2) is 0 Å². The Bertz CT molecular complexity index is 1330. The van der Waals surface area contributed by atoms with Gasteiger partial charge < -0.3 is 20.3 Å². The fourth-order valence-corrected chi connectivity index (χ4v) is 4.98. The average molecular weight is 521 g/mol.